The van der Waals surface area contributed by atoms with E-state index in [1.54, 1.807) is 11.3 Å². The van der Waals surface area contributed by atoms with Crippen molar-refractivity contribution in [1.29, 1.82) is 0 Å². The van der Waals surface area contributed by atoms with E-state index in [9.17, 15) is 9.59 Å². The molecule has 3 rings (SSSR count). The molecule has 1 N–H and O–H groups in total. The first-order valence-electron chi connectivity index (χ1n) is 7.66. The third-order valence-corrected chi connectivity index (χ3v) is 5.62. The molecule has 0 spiro atoms. The molecule has 1 saturated heterocycles. The number of hydrogen-bond donors (Lipinski definition) is 1. The van der Waals surface area contributed by atoms with E-state index in [-0.39, 0.29) is 23.9 Å². The smallest absolute Gasteiger partial charge is 0.249 e. The van der Waals surface area contributed by atoms with Crippen LogP contribution >= 0.6 is 11.3 Å². The Labute approximate surface area is 129 Å². The quantitative estimate of drug-likeness (QED) is 0.930. The van der Waals surface area contributed by atoms with Gasteiger partial charge in [0.2, 0.25) is 11.8 Å². The highest BCUT2D eigenvalue weighted by atomic mass is 32.1. The van der Waals surface area contributed by atoms with Gasteiger partial charge in [-0.25, -0.2) is 0 Å². The maximum absolute atomic E-state index is 13.1. The number of carbonyl (C=O) groups is 2. The first kappa shape index (κ1) is 14.6. The van der Waals surface area contributed by atoms with Crippen molar-refractivity contribution in [3.8, 4) is 0 Å². The SMILES string of the molecule is CCC1C(=O)NC(C)(C2CC2)C(=O)N1C(C)c1ccsc1. The number of rotatable bonds is 4. The number of amides is 2. The van der Waals surface area contributed by atoms with Gasteiger partial charge in [-0.3, -0.25) is 9.59 Å². The molecule has 3 unspecified atom stereocenters. The Hall–Kier alpha value is -1.36. The highest BCUT2D eigenvalue weighted by Gasteiger charge is 2.55. The van der Waals surface area contributed by atoms with Crippen LogP contribution in [-0.4, -0.2) is 28.3 Å². The van der Waals surface area contributed by atoms with Crippen LogP contribution in [-0.2, 0) is 9.59 Å². The van der Waals surface area contributed by atoms with Crippen molar-refractivity contribution in [2.45, 2.75) is 57.7 Å². The Morgan fingerprint density at radius 2 is 2.19 bits per heavy atom. The van der Waals surface area contributed by atoms with E-state index in [0.717, 1.165) is 18.4 Å². The maximum atomic E-state index is 13.1. The van der Waals surface area contributed by atoms with Crippen LogP contribution in [0.3, 0.4) is 0 Å². The van der Waals surface area contributed by atoms with Gasteiger partial charge in [0.05, 0.1) is 6.04 Å². The van der Waals surface area contributed by atoms with E-state index in [4.69, 9.17) is 0 Å². The minimum absolute atomic E-state index is 0.00594. The van der Waals surface area contributed by atoms with E-state index in [2.05, 4.69) is 10.7 Å². The molecule has 1 saturated carbocycles. The van der Waals surface area contributed by atoms with Gasteiger partial charge in [-0.2, -0.15) is 11.3 Å². The molecule has 5 heteroatoms. The lowest BCUT2D eigenvalue weighted by molar-refractivity contribution is -0.158. The van der Waals surface area contributed by atoms with Crippen LogP contribution in [0, 0.1) is 5.92 Å². The molecule has 3 atom stereocenters. The van der Waals surface area contributed by atoms with Crippen molar-refractivity contribution in [1.82, 2.24) is 10.2 Å². The minimum Gasteiger partial charge on any atom is -0.340 e. The van der Waals surface area contributed by atoms with E-state index >= 15 is 0 Å². The summed E-state index contributed by atoms with van der Waals surface area (Å²) < 4.78 is 0. The summed E-state index contributed by atoms with van der Waals surface area (Å²) in [5.74, 6) is 0.368. The third-order valence-electron chi connectivity index (χ3n) is 4.92. The molecular weight excluding hydrogens is 284 g/mol. The summed E-state index contributed by atoms with van der Waals surface area (Å²) in [5, 5.41) is 7.08. The van der Waals surface area contributed by atoms with Gasteiger partial charge in [0.1, 0.15) is 11.6 Å². The lowest BCUT2D eigenvalue weighted by Gasteiger charge is -2.47. The standard InChI is InChI=1S/C16H22N2O2S/c1-4-13-14(19)17-16(3,12-5-6-12)15(20)18(13)10(2)11-7-8-21-9-11/h7-10,12-13H,4-6H2,1-3H3,(H,17,19). The van der Waals surface area contributed by atoms with Crippen LogP contribution in [0.25, 0.3) is 0 Å². The molecule has 1 aromatic rings. The Kier molecular flexibility index (Phi) is 3.56. The van der Waals surface area contributed by atoms with Crippen molar-refractivity contribution in [3.05, 3.63) is 22.4 Å². The molecule has 21 heavy (non-hydrogen) atoms. The van der Waals surface area contributed by atoms with Crippen molar-refractivity contribution in [3.63, 3.8) is 0 Å². The zero-order valence-corrected chi connectivity index (χ0v) is 13.6. The number of hydrogen-bond acceptors (Lipinski definition) is 3. The molecule has 1 aliphatic carbocycles. The average molecular weight is 306 g/mol. The molecule has 0 bridgehead atoms. The average Bonchev–Trinajstić information content (AvgIpc) is 3.18. The zero-order valence-electron chi connectivity index (χ0n) is 12.8. The number of carbonyl (C=O) groups excluding carboxylic acids is 2. The van der Waals surface area contributed by atoms with Gasteiger partial charge in [-0.05, 0) is 61.4 Å². The first-order valence-corrected chi connectivity index (χ1v) is 8.60. The Balaban J connectivity index is 1.96. The monoisotopic (exact) mass is 306 g/mol. The number of nitrogens with zero attached hydrogens (tertiary/aromatic N) is 1. The molecular formula is C16H22N2O2S. The second-order valence-electron chi connectivity index (χ2n) is 6.34. The van der Waals surface area contributed by atoms with Gasteiger partial charge >= 0.3 is 0 Å². The molecule has 114 valence electrons. The number of thiophene rings is 1. The minimum atomic E-state index is -0.715. The summed E-state index contributed by atoms with van der Waals surface area (Å²) in [4.78, 5) is 27.4. The fourth-order valence-electron chi connectivity index (χ4n) is 3.37. The first-order chi connectivity index (χ1) is 9.99. The van der Waals surface area contributed by atoms with Crippen LogP contribution < -0.4 is 5.32 Å². The van der Waals surface area contributed by atoms with Crippen molar-refractivity contribution in [2.24, 2.45) is 5.92 Å². The second kappa shape index (κ2) is 5.13. The van der Waals surface area contributed by atoms with Crippen LogP contribution in [0.2, 0.25) is 0 Å². The molecule has 2 heterocycles. The van der Waals surface area contributed by atoms with Gasteiger partial charge in [-0.1, -0.05) is 6.92 Å². The summed E-state index contributed by atoms with van der Waals surface area (Å²) in [6, 6.07) is 1.62. The summed E-state index contributed by atoms with van der Waals surface area (Å²) in [7, 11) is 0. The maximum Gasteiger partial charge on any atom is 0.249 e. The topological polar surface area (TPSA) is 49.4 Å². The predicted octanol–water partition coefficient (Wildman–Crippen LogP) is 2.71. The molecule has 1 aromatic heterocycles. The van der Waals surface area contributed by atoms with E-state index in [1.807, 2.05) is 37.1 Å². The lowest BCUT2D eigenvalue weighted by atomic mass is 9.87. The van der Waals surface area contributed by atoms with E-state index < -0.39 is 5.54 Å². The molecule has 2 amide bonds. The van der Waals surface area contributed by atoms with Crippen molar-refractivity contribution < 1.29 is 9.59 Å². The van der Waals surface area contributed by atoms with Crippen LogP contribution in [0.4, 0.5) is 0 Å². The summed E-state index contributed by atoms with van der Waals surface area (Å²) in [6.45, 7) is 5.88. The normalized spacial score (nSPS) is 31.2. The fraction of sp³-hybridized carbons (Fsp3) is 0.625. The van der Waals surface area contributed by atoms with E-state index in [0.29, 0.717) is 12.3 Å². The highest BCUT2D eigenvalue weighted by Crippen LogP contribution is 2.44. The van der Waals surface area contributed by atoms with Gasteiger partial charge in [0.15, 0.2) is 0 Å². The summed E-state index contributed by atoms with van der Waals surface area (Å²) >= 11 is 1.62. The molecule has 2 aliphatic rings. The molecule has 4 nitrogen and oxygen atoms in total. The summed E-state index contributed by atoms with van der Waals surface area (Å²) in [5.41, 5.74) is 0.396. The lowest BCUT2D eigenvalue weighted by Crippen LogP contribution is -2.70. The molecule has 0 radical (unpaired) electrons. The number of nitrogens with one attached hydrogen (secondary N) is 1. The predicted molar refractivity (Wildman–Crippen MR) is 82.9 cm³/mol. The Morgan fingerprint density at radius 3 is 2.71 bits per heavy atom. The molecule has 1 aliphatic heterocycles. The van der Waals surface area contributed by atoms with Crippen LogP contribution in [0.1, 0.15) is 51.6 Å². The number of piperazine rings is 1. The zero-order chi connectivity index (χ0) is 15.2. The molecule has 0 aromatic carbocycles. The van der Waals surface area contributed by atoms with Gasteiger partial charge in [0.25, 0.3) is 0 Å². The van der Waals surface area contributed by atoms with Crippen molar-refractivity contribution in [2.75, 3.05) is 0 Å². The van der Waals surface area contributed by atoms with Crippen LogP contribution in [0.5, 0.6) is 0 Å². The van der Waals surface area contributed by atoms with Crippen molar-refractivity contribution >= 4 is 23.2 Å². The van der Waals surface area contributed by atoms with Crippen LogP contribution in [0.15, 0.2) is 16.8 Å². The fourth-order valence-corrected chi connectivity index (χ4v) is 4.11. The van der Waals surface area contributed by atoms with Gasteiger partial charge in [0, 0.05) is 0 Å². The van der Waals surface area contributed by atoms with Gasteiger partial charge < -0.3 is 10.2 Å². The largest absolute Gasteiger partial charge is 0.340 e. The molecule has 2 fully saturated rings. The Bertz CT molecular complexity index is 553. The highest BCUT2D eigenvalue weighted by molar-refractivity contribution is 7.07. The second-order valence-corrected chi connectivity index (χ2v) is 7.12. The summed E-state index contributed by atoms with van der Waals surface area (Å²) in [6.07, 6.45) is 2.70. The third kappa shape index (κ3) is 2.27. The van der Waals surface area contributed by atoms with E-state index in [1.165, 1.54) is 0 Å². The Morgan fingerprint density at radius 1 is 1.48 bits per heavy atom. The van der Waals surface area contributed by atoms with Gasteiger partial charge in [-0.15, -0.1) is 0 Å².